The van der Waals surface area contributed by atoms with Gasteiger partial charge in [-0.25, -0.2) is 15.0 Å². The van der Waals surface area contributed by atoms with Gasteiger partial charge in [0.15, 0.2) is 40.5 Å². The summed E-state index contributed by atoms with van der Waals surface area (Å²) in [5, 5.41) is 4.17. The van der Waals surface area contributed by atoms with Gasteiger partial charge in [-0.15, -0.1) is 0 Å². The van der Waals surface area contributed by atoms with Crippen molar-refractivity contribution in [3.8, 4) is 62.8 Å². The Labute approximate surface area is 297 Å². The molecule has 4 heterocycles. The Bertz CT molecular complexity index is 2960. The molecule has 1 aliphatic rings. The van der Waals surface area contributed by atoms with Crippen molar-refractivity contribution < 1.29 is 13.9 Å². The van der Waals surface area contributed by atoms with Crippen LogP contribution in [0.3, 0.4) is 0 Å². The Hall–Kier alpha value is -7.25. The summed E-state index contributed by atoms with van der Waals surface area (Å²) in [4.78, 5) is 14.9. The lowest BCUT2D eigenvalue weighted by Crippen LogP contribution is -2.00. The molecule has 7 aromatic carbocycles. The normalized spacial score (nSPS) is 12.2. The van der Waals surface area contributed by atoms with Crippen LogP contribution in [0.1, 0.15) is 0 Å². The first-order chi connectivity index (χ1) is 25.7. The molecular weight excluding hydrogens is 645 g/mol. The molecule has 0 N–H and O–H groups in total. The Morgan fingerprint density at radius 1 is 0.404 bits per heavy atom. The second-order valence-corrected chi connectivity index (χ2v) is 12.8. The molecule has 7 heteroatoms. The number of ether oxygens (including phenoxy) is 2. The van der Waals surface area contributed by atoms with Crippen molar-refractivity contribution in [2.24, 2.45) is 0 Å². The van der Waals surface area contributed by atoms with Crippen LogP contribution < -0.4 is 9.47 Å². The highest BCUT2D eigenvalue weighted by Crippen LogP contribution is 2.48. The van der Waals surface area contributed by atoms with Crippen molar-refractivity contribution in [2.75, 3.05) is 0 Å². The molecule has 244 valence electrons. The minimum Gasteiger partial charge on any atom is -0.455 e. The van der Waals surface area contributed by atoms with Gasteiger partial charge in [0.2, 0.25) is 0 Å². The number of nitrogens with zero attached hydrogens (tertiary/aromatic N) is 4. The lowest BCUT2D eigenvalue weighted by atomic mass is 10.1. The lowest BCUT2D eigenvalue weighted by Gasteiger charge is -2.20. The average Bonchev–Trinajstić information content (AvgIpc) is 3.74. The van der Waals surface area contributed by atoms with Gasteiger partial charge in [-0.1, -0.05) is 103 Å². The van der Waals surface area contributed by atoms with Crippen molar-refractivity contribution in [2.45, 2.75) is 0 Å². The molecule has 10 aromatic rings. The molecule has 0 spiro atoms. The first-order valence-corrected chi connectivity index (χ1v) is 17.1. The van der Waals surface area contributed by atoms with Crippen LogP contribution in [0, 0.1) is 0 Å². The van der Waals surface area contributed by atoms with Crippen LogP contribution in [0.4, 0.5) is 0 Å². The molecule has 0 atom stereocenters. The molecule has 52 heavy (non-hydrogen) atoms. The fourth-order valence-corrected chi connectivity index (χ4v) is 7.30. The number of furan rings is 1. The topological polar surface area (TPSA) is 75.2 Å². The van der Waals surface area contributed by atoms with Crippen LogP contribution in [0.15, 0.2) is 162 Å². The van der Waals surface area contributed by atoms with Crippen LogP contribution in [-0.2, 0) is 0 Å². The van der Waals surface area contributed by atoms with Crippen LogP contribution in [0.2, 0.25) is 0 Å². The predicted molar refractivity (Wildman–Crippen MR) is 204 cm³/mol. The van der Waals surface area contributed by atoms with Crippen LogP contribution >= 0.6 is 0 Å². The molecule has 0 unspecified atom stereocenters. The van der Waals surface area contributed by atoms with Gasteiger partial charge in [-0.3, -0.25) is 0 Å². The van der Waals surface area contributed by atoms with E-state index in [0.717, 1.165) is 66.1 Å². The minimum absolute atomic E-state index is 0.550. The summed E-state index contributed by atoms with van der Waals surface area (Å²) in [6.45, 7) is 0. The van der Waals surface area contributed by atoms with Gasteiger partial charge in [-0.05, 0) is 48.5 Å². The van der Waals surface area contributed by atoms with Gasteiger partial charge < -0.3 is 18.5 Å². The summed E-state index contributed by atoms with van der Waals surface area (Å²) in [5.74, 6) is 4.54. The summed E-state index contributed by atoms with van der Waals surface area (Å²) in [7, 11) is 0. The van der Waals surface area contributed by atoms with Gasteiger partial charge >= 0.3 is 0 Å². The zero-order valence-corrected chi connectivity index (χ0v) is 27.5. The highest BCUT2D eigenvalue weighted by molar-refractivity contribution is 6.12. The van der Waals surface area contributed by atoms with E-state index in [-0.39, 0.29) is 0 Å². The fraction of sp³-hybridized carbons (Fsp3) is 0. The Morgan fingerprint density at radius 3 is 1.75 bits per heavy atom. The Morgan fingerprint density at radius 2 is 1.02 bits per heavy atom. The van der Waals surface area contributed by atoms with Gasteiger partial charge in [0.25, 0.3) is 0 Å². The predicted octanol–water partition coefficient (Wildman–Crippen LogP) is 11.8. The number of hydrogen-bond donors (Lipinski definition) is 0. The van der Waals surface area contributed by atoms with E-state index in [2.05, 4.69) is 59.2 Å². The van der Waals surface area contributed by atoms with Crippen LogP contribution in [0.25, 0.3) is 83.6 Å². The maximum atomic E-state index is 6.64. The quantitative estimate of drug-likeness (QED) is 0.185. The third-order valence-electron chi connectivity index (χ3n) is 9.71. The molecule has 11 rings (SSSR count). The minimum atomic E-state index is 0.550. The summed E-state index contributed by atoms with van der Waals surface area (Å²) in [6, 6.07) is 52.8. The van der Waals surface area contributed by atoms with Gasteiger partial charge in [0.1, 0.15) is 11.2 Å². The molecule has 0 fully saturated rings. The third kappa shape index (κ3) is 4.43. The van der Waals surface area contributed by atoms with E-state index < -0.39 is 0 Å². The van der Waals surface area contributed by atoms with Crippen LogP contribution in [0.5, 0.6) is 23.0 Å². The molecule has 7 nitrogen and oxygen atoms in total. The van der Waals surface area contributed by atoms with Crippen molar-refractivity contribution in [3.63, 3.8) is 0 Å². The molecule has 0 bridgehead atoms. The second kappa shape index (κ2) is 11.1. The number of fused-ring (bicyclic) bond motifs is 8. The van der Waals surface area contributed by atoms with Crippen molar-refractivity contribution >= 4 is 43.7 Å². The number of para-hydroxylation sites is 4. The lowest BCUT2D eigenvalue weighted by molar-refractivity contribution is 0.360. The third-order valence-corrected chi connectivity index (χ3v) is 9.71. The van der Waals surface area contributed by atoms with E-state index in [1.807, 2.05) is 103 Å². The molecule has 0 saturated carbocycles. The van der Waals surface area contributed by atoms with Gasteiger partial charge in [0, 0.05) is 44.4 Å². The maximum Gasteiger partial charge on any atom is 0.172 e. The zero-order valence-electron chi connectivity index (χ0n) is 27.5. The van der Waals surface area contributed by atoms with E-state index in [1.165, 1.54) is 0 Å². The van der Waals surface area contributed by atoms with Crippen molar-refractivity contribution in [3.05, 3.63) is 158 Å². The molecule has 0 radical (unpaired) electrons. The first kappa shape index (κ1) is 28.6. The highest BCUT2D eigenvalue weighted by atomic mass is 16.6. The summed E-state index contributed by atoms with van der Waals surface area (Å²) < 4.78 is 21.6. The molecular formula is C45H26N4O3. The van der Waals surface area contributed by atoms with E-state index in [9.17, 15) is 0 Å². The molecule has 3 aromatic heterocycles. The zero-order chi connectivity index (χ0) is 34.2. The SMILES string of the molecule is c1ccc(-c2nc(-c3ccccc3)nc(-c3cccc4c3oc3ccc(-n5c6ccccc6c6cc7c(cc65)Oc5ccccc5O7)cc34)n2)cc1. The number of rotatable bonds is 4. The largest absolute Gasteiger partial charge is 0.455 e. The Balaban J connectivity index is 1.09. The smallest absolute Gasteiger partial charge is 0.172 e. The monoisotopic (exact) mass is 670 g/mol. The van der Waals surface area contributed by atoms with Gasteiger partial charge in [-0.2, -0.15) is 0 Å². The van der Waals surface area contributed by atoms with Crippen molar-refractivity contribution in [1.82, 2.24) is 19.5 Å². The second-order valence-electron chi connectivity index (χ2n) is 12.8. The van der Waals surface area contributed by atoms with Gasteiger partial charge in [0.05, 0.1) is 16.6 Å². The first-order valence-electron chi connectivity index (χ1n) is 17.1. The van der Waals surface area contributed by atoms with E-state index in [4.69, 9.17) is 28.8 Å². The van der Waals surface area contributed by atoms with Crippen molar-refractivity contribution in [1.29, 1.82) is 0 Å². The molecule has 0 saturated heterocycles. The Kier molecular flexibility index (Phi) is 6.12. The van der Waals surface area contributed by atoms with E-state index in [0.29, 0.717) is 40.5 Å². The molecule has 0 amide bonds. The standard InChI is InChI=1S/C45H26N4O3/c1-3-12-27(13-4-1)43-46-44(28-14-5-2-6-15-28)48-45(47-43)32-18-11-17-31-34-24-29(22-23-37(34)52-42(31)32)49-35-19-8-7-16-30(35)33-25-40-41(26-36(33)49)51-39-21-10-9-20-38(39)50-40/h1-26H. The fourth-order valence-electron chi connectivity index (χ4n) is 7.30. The van der Waals surface area contributed by atoms with Crippen LogP contribution in [-0.4, -0.2) is 19.5 Å². The molecule has 1 aliphatic heterocycles. The number of benzene rings is 7. The van der Waals surface area contributed by atoms with E-state index in [1.54, 1.807) is 0 Å². The number of aromatic nitrogens is 4. The molecule has 0 aliphatic carbocycles. The average molecular weight is 671 g/mol. The van der Waals surface area contributed by atoms with E-state index >= 15 is 0 Å². The summed E-state index contributed by atoms with van der Waals surface area (Å²) in [5.41, 5.74) is 7.23. The maximum absolute atomic E-state index is 6.64. The summed E-state index contributed by atoms with van der Waals surface area (Å²) >= 11 is 0. The number of hydrogen-bond acceptors (Lipinski definition) is 6. The highest BCUT2D eigenvalue weighted by Gasteiger charge is 2.23. The summed E-state index contributed by atoms with van der Waals surface area (Å²) in [6.07, 6.45) is 0.